The first kappa shape index (κ1) is 13.3. The summed E-state index contributed by atoms with van der Waals surface area (Å²) in [6.45, 7) is 9.48. The fourth-order valence-corrected chi connectivity index (χ4v) is 3.36. The highest BCUT2D eigenvalue weighted by Gasteiger charge is 2.29. The van der Waals surface area contributed by atoms with Crippen molar-refractivity contribution in [1.29, 1.82) is 0 Å². The Hall–Kier alpha value is -0.120. The summed E-state index contributed by atoms with van der Waals surface area (Å²) in [6.07, 6.45) is 6.65. The Labute approximate surface area is 106 Å². The number of rotatable bonds is 2. The van der Waals surface area contributed by atoms with E-state index in [1.54, 1.807) is 0 Å². The summed E-state index contributed by atoms with van der Waals surface area (Å²) in [5, 5.41) is 0. The first-order valence-corrected chi connectivity index (χ1v) is 7.42. The lowest BCUT2D eigenvalue weighted by Gasteiger charge is -2.42. The number of nitrogens with zero attached hydrogens (tertiary/aromatic N) is 2. The molecule has 2 aliphatic rings. The molecular weight excluding hydrogens is 210 g/mol. The van der Waals surface area contributed by atoms with Crippen LogP contribution in [-0.4, -0.2) is 54.1 Å². The molecule has 3 heteroatoms. The molecule has 0 amide bonds. The van der Waals surface area contributed by atoms with Crippen molar-refractivity contribution in [3.8, 4) is 0 Å². The minimum absolute atomic E-state index is 0.420. The third-order valence-corrected chi connectivity index (χ3v) is 4.58. The Kier molecular flexibility index (Phi) is 4.83. The third kappa shape index (κ3) is 3.43. The molecule has 1 unspecified atom stereocenters. The van der Waals surface area contributed by atoms with Crippen LogP contribution < -0.4 is 5.73 Å². The van der Waals surface area contributed by atoms with Crippen LogP contribution in [0.2, 0.25) is 0 Å². The van der Waals surface area contributed by atoms with Gasteiger partial charge < -0.3 is 5.73 Å². The number of hydrogen-bond donors (Lipinski definition) is 1. The molecule has 1 aliphatic heterocycles. The van der Waals surface area contributed by atoms with Gasteiger partial charge in [0, 0.05) is 44.3 Å². The predicted molar refractivity (Wildman–Crippen MR) is 73.1 cm³/mol. The molecule has 0 aromatic rings. The molecule has 1 saturated carbocycles. The first-order chi connectivity index (χ1) is 8.18. The first-order valence-electron chi connectivity index (χ1n) is 7.42. The zero-order valence-electron chi connectivity index (χ0n) is 11.6. The van der Waals surface area contributed by atoms with Gasteiger partial charge in [0.15, 0.2) is 0 Å². The van der Waals surface area contributed by atoms with Gasteiger partial charge in [-0.2, -0.15) is 0 Å². The monoisotopic (exact) mass is 239 g/mol. The van der Waals surface area contributed by atoms with Crippen LogP contribution in [0.3, 0.4) is 0 Å². The fourth-order valence-electron chi connectivity index (χ4n) is 3.36. The molecular formula is C14H29N3. The minimum atomic E-state index is 0.420. The van der Waals surface area contributed by atoms with E-state index in [0.717, 1.165) is 0 Å². The Balaban J connectivity index is 1.86. The quantitative estimate of drug-likeness (QED) is 0.744. The lowest BCUT2D eigenvalue weighted by molar-refractivity contribution is 0.0662. The van der Waals surface area contributed by atoms with Crippen molar-refractivity contribution in [1.82, 2.24) is 9.80 Å². The van der Waals surface area contributed by atoms with Crippen LogP contribution in [0.1, 0.15) is 46.0 Å². The van der Waals surface area contributed by atoms with E-state index in [0.29, 0.717) is 18.1 Å². The summed E-state index contributed by atoms with van der Waals surface area (Å²) in [6, 6.07) is 1.77. The SMILES string of the molecule is CC(C)N1CCN(C2CCCCC[C@@H]2N)CC1. The number of hydrogen-bond acceptors (Lipinski definition) is 3. The summed E-state index contributed by atoms with van der Waals surface area (Å²) >= 11 is 0. The standard InChI is InChI=1S/C14H29N3/c1-12(2)16-8-10-17(11-9-16)14-7-5-3-4-6-13(14)15/h12-14H,3-11,15H2,1-2H3/t13-,14?/m0/s1. The van der Waals surface area contributed by atoms with Gasteiger partial charge in [-0.25, -0.2) is 0 Å². The van der Waals surface area contributed by atoms with Gasteiger partial charge in [-0.3, -0.25) is 9.80 Å². The number of nitrogens with two attached hydrogens (primary N) is 1. The molecule has 1 heterocycles. The van der Waals surface area contributed by atoms with Gasteiger partial charge in [-0.15, -0.1) is 0 Å². The lowest BCUT2D eigenvalue weighted by atomic mass is 10.0. The Morgan fingerprint density at radius 3 is 2.24 bits per heavy atom. The van der Waals surface area contributed by atoms with E-state index >= 15 is 0 Å². The van der Waals surface area contributed by atoms with E-state index in [1.807, 2.05) is 0 Å². The van der Waals surface area contributed by atoms with Crippen LogP contribution >= 0.6 is 0 Å². The normalized spacial score (nSPS) is 33.9. The van der Waals surface area contributed by atoms with E-state index in [1.165, 1.54) is 58.3 Å². The van der Waals surface area contributed by atoms with Crippen molar-refractivity contribution in [2.24, 2.45) is 5.73 Å². The molecule has 2 rings (SSSR count). The summed E-state index contributed by atoms with van der Waals surface area (Å²) in [5.74, 6) is 0. The zero-order chi connectivity index (χ0) is 12.3. The molecule has 1 aliphatic carbocycles. The van der Waals surface area contributed by atoms with E-state index in [2.05, 4.69) is 23.6 Å². The van der Waals surface area contributed by atoms with Crippen molar-refractivity contribution >= 4 is 0 Å². The van der Waals surface area contributed by atoms with Crippen LogP contribution in [0.15, 0.2) is 0 Å². The molecule has 0 spiro atoms. The largest absolute Gasteiger partial charge is 0.326 e. The van der Waals surface area contributed by atoms with Crippen LogP contribution in [0.25, 0.3) is 0 Å². The van der Waals surface area contributed by atoms with E-state index < -0.39 is 0 Å². The molecule has 3 nitrogen and oxygen atoms in total. The van der Waals surface area contributed by atoms with Crippen molar-refractivity contribution in [3.05, 3.63) is 0 Å². The lowest BCUT2D eigenvalue weighted by Crippen LogP contribution is -2.56. The van der Waals surface area contributed by atoms with Crippen molar-refractivity contribution in [2.75, 3.05) is 26.2 Å². The van der Waals surface area contributed by atoms with Gasteiger partial charge in [0.25, 0.3) is 0 Å². The summed E-state index contributed by atoms with van der Waals surface area (Å²) in [4.78, 5) is 5.24. The summed E-state index contributed by atoms with van der Waals surface area (Å²) < 4.78 is 0. The van der Waals surface area contributed by atoms with Crippen LogP contribution in [-0.2, 0) is 0 Å². The van der Waals surface area contributed by atoms with Gasteiger partial charge in [0.05, 0.1) is 0 Å². The van der Waals surface area contributed by atoms with Gasteiger partial charge >= 0.3 is 0 Å². The van der Waals surface area contributed by atoms with Crippen molar-refractivity contribution in [3.63, 3.8) is 0 Å². The predicted octanol–water partition coefficient (Wildman–Crippen LogP) is 1.67. The highest BCUT2D eigenvalue weighted by atomic mass is 15.3. The molecule has 17 heavy (non-hydrogen) atoms. The van der Waals surface area contributed by atoms with E-state index in [4.69, 9.17) is 5.73 Å². The van der Waals surface area contributed by atoms with Gasteiger partial charge in [0.2, 0.25) is 0 Å². The Morgan fingerprint density at radius 2 is 1.59 bits per heavy atom. The average molecular weight is 239 g/mol. The summed E-state index contributed by atoms with van der Waals surface area (Å²) in [5.41, 5.74) is 6.35. The molecule has 2 atom stereocenters. The minimum Gasteiger partial charge on any atom is -0.326 e. The average Bonchev–Trinajstić information content (AvgIpc) is 2.54. The van der Waals surface area contributed by atoms with Crippen molar-refractivity contribution < 1.29 is 0 Å². The van der Waals surface area contributed by atoms with Gasteiger partial charge in [0.1, 0.15) is 0 Å². The maximum absolute atomic E-state index is 6.35. The van der Waals surface area contributed by atoms with E-state index in [9.17, 15) is 0 Å². The van der Waals surface area contributed by atoms with Crippen LogP contribution in [0.5, 0.6) is 0 Å². The molecule has 0 aromatic heterocycles. The molecule has 0 bridgehead atoms. The smallest absolute Gasteiger partial charge is 0.0248 e. The zero-order valence-corrected chi connectivity index (χ0v) is 11.6. The molecule has 1 saturated heterocycles. The second-order valence-electron chi connectivity index (χ2n) is 6.03. The maximum atomic E-state index is 6.35. The van der Waals surface area contributed by atoms with Crippen LogP contribution in [0, 0.1) is 0 Å². The summed E-state index contributed by atoms with van der Waals surface area (Å²) in [7, 11) is 0. The maximum Gasteiger partial charge on any atom is 0.0248 e. The van der Waals surface area contributed by atoms with Crippen molar-refractivity contribution in [2.45, 2.75) is 64.1 Å². The van der Waals surface area contributed by atoms with Crippen LogP contribution in [0.4, 0.5) is 0 Å². The highest BCUT2D eigenvalue weighted by Crippen LogP contribution is 2.22. The second-order valence-corrected chi connectivity index (χ2v) is 6.03. The molecule has 100 valence electrons. The fraction of sp³-hybridized carbons (Fsp3) is 1.00. The highest BCUT2D eigenvalue weighted by molar-refractivity contribution is 4.87. The molecule has 2 fully saturated rings. The second kappa shape index (κ2) is 6.17. The topological polar surface area (TPSA) is 32.5 Å². The van der Waals surface area contributed by atoms with E-state index in [-0.39, 0.29) is 0 Å². The molecule has 0 radical (unpaired) electrons. The number of piperazine rings is 1. The van der Waals surface area contributed by atoms with Gasteiger partial charge in [-0.05, 0) is 26.7 Å². The Bertz CT molecular complexity index is 222. The van der Waals surface area contributed by atoms with Gasteiger partial charge in [-0.1, -0.05) is 19.3 Å². The molecule has 0 aromatic carbocycles. The molecule has 2 N–H and O–H groups in total. The Morgan fingerprint density at radius 1 is 0.941 bits per heavy atom. The third-order valence-electron chi connectivity index (χ3n) is 4.58.